The standard InChI is InChI=1S/C18H20O2/c1-5-16(20-17(19)18(2,3)4)15-12-8-10-13-9-6-7-11-14(13)15/h1,6-7,9,11-12,16H,8,10H2,2-4H3/t16-/m0/s1. The summed E-state index contributed by atoms with van der Waals surface area (Å²) in [6.45, 7) is 5.48. The molecule has 20 heavy (non-hydrogen) atoms. The van der Waals surface area contributed by atoms with E-state index in [9.17, 15) is 4.79 Å². The normalized spacial score (nSPS) is 15.6. The van der Waals surface area contributed by atoms with Crippen molar-refractivity contribution in [3.63, 3.8) is 0 Å². The molecule has 0 fully saturated rings. The number of esters is 1. The quantitative estimate of drug-likeness (QED) is 0.605. The third-order valence-electron chi connectivity index (χ3n) is 3.38. The van der Waals surface area contributed by atoms with Crippen molar-refractivity contribution in [2.45, 2.75) is 39.7 Å². The Morgan fingerprint density at radius 3 is 2.70 bits per heavy atom. The van der Waals surface area contributed by atoms with Crippen LogP contribution in [0.4, 0.5) is 0 Å². The van der Waals surface area contributed by atoms with Gasteiger partial charge in [-0.05, 0) is 44.7 Å². The molecule has 0 unspecified atom stereocenters. The van der Waals surface area contributed by atoms with Gasteiger partial charge in [-0.2, -0.15) is 0 Å². The molecule has 104 valence electrons. The number of carbonyl (C=O) groups excluding carboxylic acids is 1. The largest absolute Gasteiger partial charge is 0.444 e. The van der Waals surface area contributed by atoms with Crippen LogP contribution in [0.25, 0.3) is 5.57 Å². The molecule has 0 amide bonds. The topological polar surface area (TPSA) is 26.3 Å². The van der Waals surface area contributed by atoms with Crippen LogP contribution in [0.5, 0.6) is 0 Å². The molecular formula is C18H20O2. The van der Waals surface area contributed by atoms with Crippen LogP contribution in [0.2, 0.25) is 0 Å². The van der Waals surface area contributed by atoms with Crippen LogP contribution >= 0.6 is 0 Å². The van der Waals surface area contributed by atoms with Crippen molar-refractivity contribution < 1.29 is 9.53 Å². The molecule has 0 radical (unpaired) electrons. The third-order valence-corrected chi connectivity index (χ3v) is 3.38. The van der Waals surface area contributed by atoms with E-state index in [1.165, 1.54) is 5.56 Å². The number of allylic oxidation sites excluding steroid dienone is 1. The SMILES string of the molecule is C#C[C@H](OC(=O)C(C)(C)C)C1=CCCc2ccccc21. The zero-order valence-corrected chi connectivity index (χ0v) is 12.3. The maximum atomic E-state index is 12.0. The van der Waals surface area contributed by atoms with Gasteiger partial charge in [0.25, 0.3) is 0 Å². The molecule has 2 heteroatoms. The molecule has 2 nitrogen and oxygen atoms in total. The van der Waals surface area contributed by atoms with Crippen molar-refractivity contribution in [2.75, 3.05) is 0 Å². The number of hydrogen-bond donors (Lipinski definition) is 0. The first-order valence-electron chi connectivity index (χ1n) is 6.89. The molecule has 1 aromatic rings. The van der Waals surface area contributed by atoms with Gasteiger partial charge in [0.1, 0.15) is 0 Å². The summed E-state index contributed by atoms with van der Waals surface area (Å²) in [5, 5.41) is 0. The van der Waals surface area contributed by atoms with Crippen LogP contribution in [0.1, 0.15) is 38.3 Å². The van der Waals surface area contributed by atoms with Crippen molar-refractivity contribution in [2.24, 2.45) is 5.41 Å². The highest BCUT2D eigenvalue weighted by atomic mass is 16.5. The lowest BCUT2D eigenvalue weighted by molar-refractivity contribution is -0.153. The summed E-state index contributed by atoms with van der Waals surface area (Å²) in [6, 6.07) is 8.14. The van der Waals surface area contributed by atoms with Gasteiger partial charge in [-0.1, -0.05) is 36.3 Å². The van der Waals surface area contributed by atoms with Crippen LogP contribution in [0, 0.1) is 17.8 Å². The van der Waals surface area contributed by atoms with E-state index in [4.69, 9.17) is 11.2 Å². The number of fused-ring (bicyclic) bond motifs is 1. The Kier molecular flexibility index (Phi) is 3.99. The van der Waals surface area contributed by atoms with Crippen LogP contribution < -0.4 is 0 Å². The molecular weight excluding hydrogens is 248 g/mol. The molecule has 1 aromatic carbocycles. The lowest BCUT2D eigenvalue weighted by atomic mass is 9.88. The summed E-state index contributed by atoms with van der Waals surface area (Å²) in [6.07, 6.45) is 8.99. The number of aryl methyl sites for hydroxylation is 1. The van der Waals surface area contributed by atoms with E-state index >= 15 is 0 Å². The van der Waals surface area contributed by atoms with Crippen LogP contribution in [-0.2, 0) is 16.0 Å². The molecule has 1 atom stereocenters. The summed E-state index contributed by atoms with van der Waals surface area (Å²) in [4.78, 5) is 12.0. The minimum atomic E-state index is -0.608. The molecule has 0 saturated carbocycles. The Labute approximate surface area is 120 Å². The fourth-order valence-corrected chi connectivity index (χ4v) is 2.23. The summed E-state index contributed by atoms with van der Waals surface area (Å²) in [7, 11) is 0. The first kappa shape index (κ1) is 14.4. The Morgan fingerprint density at radius 2 is 2.05 bits per heavy atom. The first-order valence-corrected chi connectivity index (χ1v) is 6.89. The van der Waals surface area contributed by atoms with Crippen LogP contribution in [0.15, 0.2) is 30.3 Å². The van der Waals surface area contributed by atoms with Gasteiger partial charge in [-0.3, -0.25) is 4.79 Å². The summed E-state index contributed by atoms with van der Waals surface area (Å²) < 4.78 is 5.52. The molecule has 2 rings (SSSR count). The highest BCUT2D eigenvalue weighted by Crippen LogP contribution is 2.31. The Hall–Kier alpha value is -2.01. The number of benzene rings is 1. The fourth-order valence-electron chi connectivity index (χ4n) is 2.23. The zero-order chi connectivity index (χ0) is 14.8. The molecule has 0 saturated heterocycles. The van der Waals surface area contributed by atoms with E-state index in [1.807, 2.05) is 39.0 Å². The van der Waals surface area contributed by atoms with Crippen molar-refractivity contribution in [1.29, 1.82) is 0 Å². The number of ether oxygens (including phenoxy) is 1. The second kappa shape index (κ2) is 5.54. The van der Waals surface area contributed by atoms with E-state index in [-0.39, 0.29) is 5.97 Å². The molecule has 0 aliphatic heterocycles. The van der Waals surface area contributed by atoms with Crippen molar-refractivity contribution in [3.8, 4) is 12.3 Å². The average Bonchev–Trinajstić information content (AvgIpc) is 2.43. The third kappa shape index (κ3) is 2.93. The molecule has 0 N–H and O–H groups in total. The predicted octanol–water partition coefficient (Wildman–Crippen LogP) is 3.61. The minimum absolute atomic E-state index is 0.274. The second-order valence-corrected chi connectivity index (χ2v) is 6.06. The molecule has 0 aromatic heterocycles. The highest BCUT2D eigenvalue weighted by molar-refractivity contribution is 5.81. The van der Waals surface area contributed by atoms with E-state index in [1.54, 1.807) is 0 Å². The van der Waals surface area contributed by atoms with Gasteiger partial charge in [0, 0.05) is 5.57 Å². The van der Waals surface area contributed by atoms with Gasteiger partial charge in [-0.25, -0.2) is 0 Å². The smallest absolute Gasteiger partial charge is 0.312 e. The first-order chi connectivity index (χ1) is 9.43. The minimum Gasteiger partial charge on any atom is -0.444 e. The van der Waals surface area contributed by atoms with Crippen LogP contribution in [0.3, 0.4) is 0 Å². The molecule has 1 aliphatic carbocycles. The Balaban J connectivity index is 2.28. The van der Waals surface area contributed by atoms with Crippen molar-refractivity contribution in [3.05, 3.63) is 41.5 Å². The van der Waals surface area contributed by atoms with Gasteiger partial charge in [0.05, 0.1) is 5.41 Å². The van der Waals surface area contributed by atoms with Gasteiger partial charge < -0.3 is 4.74 Å². The van der Waals surface area contributed by atoms with Gasteiger partial charge in [-0.15, -0.1) is 6.42 Å². The van der Waals surface area contributed by atoms with Crippen molar-refractivity contribution >= 4 is 11.5 Å². The monoisotopic (exact) mass is 268 g/mol. The summed E-state index contributed by atoms with van der Waals surface area (Å²) in [5.41, 5.74) is 2.75. The average molecular weight is 268 g/mol. The molecule has 0 bridgehead atoms. The van der Waals surface area contributed by atoms with Gasteiger partial charge in [0.15, 0.2) is 6.10 Å². The lowest BCUT2D eigenvalue weighted by Gasteiger charge is -2.25. The lowest BCUT2D eigenvalue weighted by Crippen LogP contribution is -2.28. The van der Waals surface area contributed by atoms with E-state index in [0.717, 1.165) is 24.0 Å². The fraction of sp³-hybridized carbons (Fsp3) is 0.389. The summed E-state index contributed by atoms with van der Waals surface area (Å²) in [5.74, 6) is 2.33. The molecule has 1 aliphatic rings. The predicted molar refractivity (Wildman–Crippen MR) is 80.9 cm³/mol. The maximum absolute atomic E-state index is 12.0. The second-order valence-electron chi connectivity index (χ2n) is 6.06. The number of terminal acetylenes is 1. The highest BCUT2D eigenvalue weighted by Gasteiger charge is 2.28. The van der Waals surface area contributed by atoms with E-state index < -0.39 is 11.5 Å². The Morgan fingerprint density at radius 1 is 1.35 bits per heavy atom. The number of hydrogen-bond acceptors (Lipinski definition) is 2. The van der Waals surface area contributed by atoms with Gasteiger partial charge in [0.2, 0.25) is 0 Å². The van der Waals surface area contributed by atoms with Gasteiger partial charge >= 0.3 is 5.97 Å². The summed E-state index contributed by atoms with van der Waals surface area (Å²) >= 11 is 0. The number of carbonyl (C=O) groups is 1. The Bertz CT molecular complexity index is 582. The zero-order valence-electron chi connectivity index (χ0n) is 12.3. The van der Waals surface area contributed by atoms with E-state index in [2.05, 4.69) is 18.1 Å². The maximum Gasteiger partial charge on any atom is 0.312 e. The van der Waals surface area contributed by atoms with Crippen LogP contribution in [-0.4, -0.2) is 12.1 Å². The molecule has 0 heterocycles. The van der Waals surface area contributed by atoms with E-state index in [0.29, 0.717) is 0 Å². The van der Waals surface area contributed by atoms with Crippen molar-refractivity contribution in [1.82, 2.24) is 0 Å². The number of rotatable bonds is 2. The molecule has 0 spiro atoms.